The molecule has 2 aromatic carbocycles. The fourth-order valence-electron chi connectivity index (χ4n) is 2.48. The van der Waals surface area contributed by atoms with E-state index >= 15 is 0 Å². The highest BCUT2D eigenvalue weighted by Crippen LogP contribution is 2.19. The SMILES string of the molecule is CC[C@@H](NC(=O)COC(=O)c1cccc(N(C)C)c1)c1ccc(Br)cc1. The van der Waals surface area contributed by atoms with Crippen molar-refractivity contribution in [1.29, 1.82) is 0 Å². The van der Waals surface area contributed by atoms with E-state index in [1.807, 2.05) is 56.3 Å². The third kappa shape index (κ3) is 5.59. The third-order valence-electron chi connectivity index (χ3n) is 3.95. The number of halogens is 1. The maximum Gasteiger partial charge on any atom is 0.338 e. The van der Waals surface area contributed by atoms with Gasteiger partial charge in [-0.05, 0) is 42.3 Å². The van der Waals surface area contributed by atoms with E-state index in [0.29, 0.717) is 5.56 Å². The summed E-state index contributed by atoms with van der Waals surface area (Å²) in [5, 5.41) is 2.90. The lowest BCUT2D eigenvalue weighted by molar-refractivity contribution is -0.125. The van der Waals surface area contributed by atoms with Gasteiger partial charge in [0.2, 0.25) is 0 Å². The van der Waals surface area contributed by atoms with Gasteiger partial charge in [0.1, 0.15) is 0 Å². The number of rotatable bonds is 7. The number of benzene rings is 2. The molecule has 1 atom stereocenters. The van der Waals surface area contributed by atoms with Crippen LogP contribution in [0.25, 0.3) is 0 Å². The van der Waals surface area contributed by atoms with Gasteiger partial charge in [0, 0.05) is 24.3 Å². The molecular formula is C20H23BrN2O3. The summed E-state index contributed by atoms with van der Waals surface area (Å²) in [7, 11) is 3.79. The molecule has 2 aromatic rings. The normalized spacial score (nSPS) is 11.5. The molecule has 0 heterocycles. The highest BCUT2D eigenvalue weighted by molar-refractivity contribution is 9.10. The Hall–Kier alpha value is -2.34. The Morgan fingerprint density at radius 1 is 1.15 bits per heavy atom. The average Bonchev–Trinajstić information content (AvgIpc) is 2.65. The molecule has 6 heteroatoms. The minimum atomic E-state index is -0.513. The highest BCUT2D eigenvalue weighted by Gasteiger charge is 2.15. The molecule has 0 aliphatic rings. The number of hydrogen-bond donors (Lipinski definition) is 1. The van der Waals surface area contributed by atoms with Crippen molar-refractivity contribution >= 4 is 33.5 Å². The Kier molecular flexibility index (Phi) is 7.21. The summed E-state index contributed by atoms with van der Waals surface area (Å²) < 4.78 is 6.13. The van der Waals surface area contributed by atoms with E-state index in [0.717, 1.165) is 22.1 Å². The number of esters is 1. The van der Waals surface area contributed by atoms with Gasteiger partial charge in [0.15, 0.2) is 6.61 Å². The predicted octanol–water partition coefficient (Wildman–Crippen LogP) is 3.94. The second kappa shape index (κ2) is 9.38. The first-order valence-electron chi connectivity index (χ1n) is 8.40. The van der Waals surface area contributed by atoms with E-state index < -0.39 is 5.97 Å². The van der Waals surface area contributed by atoms with E-state index in [-0.39, 0.29) is 18.6 Å². The van der Waals surface area contributed by atoms with Crippen molar-refractivity contribution in [2.75, 3.05) is 25.6 Å². The van der Waals surface area contributed by atoms with Crippen LogP contribution < -0.4 is 10.2 Å². The third-order valence-corrected chi connectivity index (χ3v) is 4.48. The van der Waals surface area contributed by atoms with Crippen LogP contribution in [-0.4, -0.2) is 32.6 Å². The summed E-state index contributed by atoms with van der Waals surface area (Å²) in [6.07, 6.45) is 0.742. The summed E-state index contributed by atoms with van der Waals surface area (Å²) in [4.78, 5) is 26.2. The molecule has 1 amide bonds. The molecule has 0 saturated heterocycles. The maximum atomic E-state index is 12.2. The van der Waals surface area contributed by atoms with Crippen LogP contribution in [0.4, 0.5) is 5.69 Å². The molecule has 0 saturated carbocycles. The van der Waals surface area contributed by atoms with Gasteiger partial charge in [-0.15, -0.1) is 0 Å². The number of nitrogens with zero attached hydrogens (tertiary/aromatic N) is 1. The van der Waals surface area contributed by atoms with E-state index in [2.05, 4.69) is 21.2 Å². The number of hydrogen-bond acceptors (Lipinski definition) is 4. The van der Waals surface area contributed by atoms with Crippen LogP contribution in [-0.2, 0) is 9.53 Å². The molecule has 0 aliphatic carbocycles. The number of nitrogens with one attached hydrogen (secondary N) is 1. The molecule has 0 fully saturated rings. The number of carbonyl (C=O) groups is 2. The minimum Gasteiger partial charge on any atom is -0.452 e. The molecule has 0 aromatic heterocycles. The summed E-state index contributed by atoms with van der Waals surface area (Å²) >= 11 is 3.40. The standard InChI is InChI=1S/C20H23BrN2O3/c1-4-18(14-8-10-16(21)11-9-14)22-19(24)13-26-20(25)15-6-5-7-17(12-15)23(2)3/h5-12,18H,4,13H2,1-3H3,(H,22,24)/t18-/m1/s1. The summed E-state index contributed by atoms with van der Waals surface area (Å²) in [6, 6.07) is 14.7. The summed E-state index contributed by atoms with van der Waals surface area (Å²) in [5.41, 5.74) is 2.32. The lowest BCUT2D eigenvalue weighted by Crippen LogP contribution is -2.32. The summed E-state index contributed by atoms with van der Waals surface area (Å²) in [5.74, 6) is -0.836. The van der Waals surface area contributed by atoms with Gasteiger partial charge in [-0.1, -0.05) is 41.1 Å². The van der Waals surface area contributed by atoms with Crippen LogP contribution in [0.15, 0.2) is 53.0 Å². The molecule has 0 unspecified atom stereocenters. The van der Waals surface area contributed by atoms with Gasteiger partial charge in [-0.3, -0.25) is 4.79 Å². The molecule has 0 bridgehead atoms. The molecule has 138 valence electrons. The lowest BCUT2D eigenvalue weighted by Gasteiger charge is -2.18. The lowest BCUT2D eigenvalue weighted by atomic mass is 10.0. The molecule has 26 heavy (non-hydrogen) atoms. The van der Waals surface area contributed by atoms with E-state index in [4.69, 9.17) is 4.74 Å². The Bertz CT molecular complexity index is 760. The van der Waals surface area contributed by atoms with Crippen LogP contribution in [0, 0.1) is 0 Å². The number of amides is 1. The first-order chi connectivity index (χ1) is 12.4. The first kappa shape index (κ1) is 20.0. The van der Waals surface area contributed by atoms with E-state index in [1.165, 1.54) is 0 Å². The second-order valence-electron chi connectivity index (χ2n) is 6.10. The van der Waals surface area contributed by atoms with Crippen LogP contribution in [0.1, 0.15) is 35.3 Å². The van der Waals surface area contributed by atoms with Gasteiger partial charge in [-0.25, -0.2) is 4.79 Å². The van der Waals surface area contributed by atoms with Crippen molar-refractivity contribution in [2.45, 2.75) is 19.4 Å². The van der Waals surface area contributed by atoms with Crippen molar-refractivity contribution in [1.82, 2.24) is 5.32 Å². The molecule has 0 radical (unpaired) electrons. The maximum absolute atomic E-state index is 12.2. The molecule has 2 rings (SSSR count). The topological polar surface area (TPSA) is 58.6 Å². The van der Waals surface area contributed by atoms with Crippen molar-refractivity contribution in [3.63, 3.8) is 0 Å². The zero-order chi connectivity index (χ0) is 19.1. The monoisotopic (exact) mass is 418 g/mol. The second-order valence-corrected chi connectivity index (χ2v) is 7.02. The van der Waals surface area contributed by atoms with Crippen molar-refractivity contribution in [3.8, 4) is 0 Å². The van der Waals surface area contributed by atoms with Gasteiger partial charge in [-0.2, -0.15) is 0 Å². The van der Waals surface area contributed by atoms with Gasteiger partial charge in [0.25, 0.3) is 5.91 Å². The average molecular weight is 419 g/mol. The van der Waals surface area contributed by atoms with Gasteiger partial charge in [0.05, 0.1) is 11.6 Å². The van der Waals surface area contributed by atoms with Crippen LogP contribution in [0.2, 0.25) is 0 Å². The Labute approximate surface area is 162 Å². The zero-order valence-electron chi connectivity index (χ0n) is 15.2. The fraction of sp³-hybridized carbons (Fsp3) is 0.300. The van der Waals surface area contributed by atoms with E-state index in [9.17, 15) is 9.59 Å². The van der Waals surface area contributed by atoms with Crippen LogP contribution >= 0.6 is 15.9 Å². The summed E-state index contributed by atoms with van der Waals surface area (Å²) in [6.45, 7) is 1.68. The first-order valence-corrected chi connectivity index (χ1v) is 9.19. The Morgan fingerprint density at radius 3 is 2.46 bits per heavy atom. The Balaban J connectivity index is 1.92. The molecule has 0 aliphatic heterocycles. The number of ether oxygens (including phenoxy) is 1. The van der Waals surface area contributed by atoms with Gasteiger partial charge < -0.3 is 15.0 Å². The van der Waals surface area contributed by atoms with Crippen LogP contribution in [0.5, 0.6) is 0 Å². The van der Waals surface area contributed by atoms with E-state index in [1.54, 1.807) is 18.2 Å². The minimum absolute atomic E-state index is 0.119. The van der Waals surface area contributed by atoms with Crippen molar-refractivity contribution in [2.24, 2.45) is 0 Å². The largest absolute Gasteiger partial charge is 0.452 e. The number of anilines is 1. The Morgan fingerprint density at radius 2 is 1.85 bits per heavy atom. The molecule has 0 spiro atoms. The molecular weight excluding hydrogens is 396 g/mol. The highest BCUT2D eigenvalue weighted by atomic mass is 79.9. The van der Waals surface area contributed by atoms with Crippen molar-refractivity contribution in [3.05, 3.63) is 64.1 Å². The predicted molar refractivity (Wildman–Crippen MR) is 106 cm³/mol. The van der Waals surface area contributed by atoms with Crippen LogP contribution in [0.3, 0.4) is 0 Å². The number of carbonyl (C=O) groups excluding carboxylic acids is 2. The van der Waals surface area contributed by atoms with Crippen molar-refractivity contribution < 1.29 is 14.3 Å². The fourth-order valence-corrected chi connectivity index (χ4v) is 2.74. The molecule has 5 nitrogen and oxygen atoms in total. The van der Waals surface area contributed by atoms with Gasteiger partial charge >= 0.3 is 5.97 Å². The quantitative estimate of drug-likeness (QED) is 0.691. The zero-order valence-corrected chi connectivity index (χ0v) is 16.7. The molecule has 1 N–H and O–H groups in total. The smallest absolute Gasteiger partial charge is 0.338 e.